The van der Waals surface area contributed by atoms with Gasteiger partial charge in [-0.15, -0.1) is 0 Å². The van der Waals surface area contributed by atoms with Crippen LogP contribution in [0.1, 0.15) is 39.0 Å². The minimum Gasteiger partial charge on any atom is -0.481 e. The fourth-order valence-electron chi connectivity index (χ4n) is 2.20. The van der Waals surface area contributed by atoms with E-state index in [1.54, 1.807) is 4.90 Å². The molecule has 6 nitrogen and oxygen atoms in total. The first-order chi connectivity index (χ1) is 9.04. The summed E-state index contributed by atoms with van der Waals surface area (Å²) in [6.07, 6.45) is 3.04. The summed E-state index contributed by atoms with van der Waals surface area (Å²) in [6.45, 7) is 4.01. The molecule has 1 aliphatic heterocycles. The van der Waals surface area contributed by atoms with Crippen molar-refractivity contribution in [1.29, 1.82) is 0 Å². The molecule has 1 heterocycles. The van der Waals surface area contributed by atoms with Gasteiger partial charge in [0.1, 0.15) is 0 Å². The Balaban J connectivity index is 2.40. The van der Waals surface area contributed by atoms with E-state index in [4.69, 9.17) is 15.6 Å². The largest absolute Gasteiger partial charge is 0.481 e. The molecule has 0 aromatic heterocycles. The lowest BCUT2D eigenvalue weighted by Crippen LogP contribution is -2.50. The maximum Gasteiger partial charge on any atom is 0.303 e. The van der Waals surface area contributed by atoms with E-state index in [1.165, 1.54) is 0 Å². The monoisotopic (exact) mass is 272 g/mol. The van der Waals surface area contributed by atoms with Gasteiger partial charge in [-0.25, -0.2) is 0 Å². The van der Waals surface area contributed by atoms with Crippen LogP contribution < -0.4 is 5.73 Å². The molecule has 1 saturated heterocycles. The molecule has 0 aromatic rings. The summed E-state index contributed by atoms with van der Waals surface area (Å²) in [6, 6.07) is -0.721. The van der Waals surface area contributed by atoms with Crippen molar-refractivity contribution in [3.63, 3.8) is 0 Å². The molecule has 1 amide bonds. The number of ether oxygens (including phenoxy) is 1. The number of carbonyl (C=O) groups excluding carboxylic acids is 1. The zero-order chi connectivity index (χ0) is 14.3. The van der Waals surface area contributed by atoms with Gasteiger partial charge in [0.05, 0.1) is 12.1 Å². The molecular weight excluding hydrogens is 248 g/mol. The van der Waals surface area contributed by atoms with Crippen LogP contribution in [-0.4, -0.2) is 53.7 Å². The first-order valence-corrected chi connectivity index (χ1v) is 6.92. The molecule has 1 rings (SSSR count). The lowest BCUT2D eigenvalue weighted by Gasteiger charge is -2.34. The van der Waals surface area contributed by atoms with E-state index < -0.39 is 12.0 Å². The number of nitrogens with zero attached hydrogens (tertiary/aromatic N) is 1. The highest BCUT2D eigenvalue weighted by atomic mass is 16.5. The summed E-state index contributed by atoms with van der Waals surface area (Å²) in [5.41, 5.74) is 5.75. The predicted octanol–water partition coefficient (Wildman–Crippen LogP) is 0.596. The van der Waals surface area contributed by atoms with Gasteiger partial charge in [0, 0.05) is 26.1 Å². The topological polar surface area (TPSA) is 92.9 Å². The van der Waals surface area contributed by atoms with E-state index in [0.717, 1.165) is 19.3 Å². The Hall–Kier alpha value is -1.14. The number of hydrogen-bond acceptors (Lipinski definition) is 4. The summed E-state index contributed by atoms with van der Waals surface area (Å²) >= 11 is 0. The van der Waals surface area contributed by atoms with Gasteiger partial charge < -0.3 is 20.5 Å². The Morgan fingerprint density at radius 3 is 2.89 bits per heavy atom. The number of piperidine rings is 1. The molecule has 2 atom stereocenters. The molecule has 2 unspecified atom stereocenters. The van der Waals surface area contributed by atoms with Crippen molar-refractivity contribution in [1.82, 2.24) is 4.90 Å². The zero-order valence-corrected chi connectivity index (χ0v) is 11.5. The van der Waals surface area contributed by atoms with E-state index in [2.05, 4.69) is 0 Å². The Kier molecular flexibility index (Phi) is 6.80. The van der Waals surface area contributed by atoms with Crippen LogP contribution >= 0.6 is 0 Å². The normalized spacial score (nSPS) is 21.2. The number of aliphatic carboxylic acids is 1. The summed E-state index contributed by atoms with van der Waals surface area (Å²) in [5, 5.41) is 8.59. The third kappa shape index (κ3) is 5.57. The second-order valence-corrected chi connectivity index (χ2v) is 4.96. The van der Waals surface area contributed by atoms with E-state index in [-0.39, 0.29) is 24.9 Å². The molecular formula is C13H24N2O4. The molecule has 0 saturated carbocycles. The minimum absolute atomic E-state index is 0.0729. The smallest absolute Gasteiger partial charge is 0.303 e. The first kappa shape index (κ1) is 15.9. The van der Waals surface area contributed by atoms with Gasteiger partial charge in [0.25, 0.3) is 0 Å². The van der Waals surface area contributed by atoms with Crippen molar-refractivity contribution in [3.05, 3.63) is 0 Å². The van der Waals surface area contributed by atoms with Gasteiger partial charge in [-0.2, -0.15) is 0 Å². The van der Waals surface area contributed by atoms with Crippen LogP contribution in [0.25, 0.3) is 0 Å². The summed E-state index contributed by atoms with van der Waals surface area (Å²) in [4.78, 5) is 24.3. The van der Waals surface area contributed by atoms with Crippen LogP contribution in [0.5, 0.6) is 0 Å². The SMILES string of the molecule is CCCOC1CCCN(C(=O)C(N)CCC(=O)O)C1. The molecule has 19 heavy (non-hydrogen) atoms. The summed E-state index contributed by atoms with van der Waals surface area (Å²) in [5.74, 6) is -1.09. The third-order valence-corrected chi connectivity index (χ3v) is 3.23. The standard InChI is InChI=1S/C13H24N2O4/c1-2-8-19-10-4-3-7-15(9-10)13(18)11(14)5-6-12(16)17/h10-11H,2-9,14H2,1H3,(H,16,17). The van der Waals surface area contributed by atoms with Crippen molar-refractivity contribution in [2.24, 2.45) is 5.73 Å². The van der Waals surface area contributed by atoms with Crippen LogP contribution in [0.15, 0.2) is 0 Å². The number of carboxylic acids is 1. The Morgan fingerprint density at radius 2 is 2.26 bits per heavy atom. The highest BCUT2D eigenvalue weighted by molar-refractivity contribution is 5.82. The molecule has 0 radical (unpaired) electrons. The lowest BCUT2D eigenvalue weighted by molar-refractivity contribution is -0.138. The van der Waals surface area contributed by atoms with Crippen LogP contribution in [0, 0.1) is 0 Å². The zero-order valence-electron chi connectivity index (χ0n) is 11.5. The van der Waals surface area contributed by atoms with E-state index in [9.17, 15) is 9.59 Å². The fourth-order valence-corrected chi connectivity index (χ4v) is 2.20. The Morgan fingerprint density at radius 1 is 1.53 bits per heavy atom. The average Bonchev–Trinajstić information content (AvgIpc) is 2.41. The molecule has 0 bridgehead atoms. The molecule has 6 heteroatoms. The predicted molar refractivity (Wildman–Crippen MR) is 70.7 cm³/mol. The molecule has 110 valence electrons. The van der Waals surface area contributed by atoms with Crippen molar-refractivity contribution >= 4 is 11.9 Å². The van der Waals surface area contributed by atoms with E-state index in [1.807, 2.05) is 6.92 Å². The molecule has 3 N–H and O–H groups in total. The van der Waals surface area contributed by atoms with Crippen LogP contribution in [-0.2, 0) is 14.3 Å². The van der Waals surface area contributed by atoms with Gasteiger partial charge in [0.15, 0.2) is 0 Å². The highest BCUT2D eigenvalue weighted by Crippen LogP contribution is 2.15. The second-order valence-electron chi connectivity index (χ2n) is 4.96. The van der Waals surface area contributed by atoms with Gasteiger partial charge in [-0.1, -0.05) is 6.92 Å². The molecule has 1 fully saturated rings. The number of rotatable bonds is 7. The highest BCUT2D eigenvalue weighted by Gasteiger charge is 2.27. The number of carboxylic acid groups (broad SMARTS) is 1. The van der Waals surface area contributed by atoms with Gasteiger partial charge in [-0.05, 0) is 25.7 Å². The number of nitrogens with two attached hydrogens (primary N) is 1. The summed E-state index contributed by atoms with van der Waals surface area (Å²) in [7, 11) is 0. The molecule has 0 aliphatic carbocycles. The van der Waals surface area contributed by atoms with Gasteiger partial charge in [0.2, 0.25) is 5.91 Å². The number of carbonyl (C=O) groups is 2. The molecule has 1 aliphatic rings. The van der Waals surface area contributed by atoms with Crippen molar-refractivity contribution in [2.75, 3.05) is 19.7 Å². The van der Waals surface area contributed by atoms with Crippen molar-refractivity contribution in [3.8, 4) is 0 Å². The minimum atomic E-state index is -0.925. The number of amides is 1. The van der Waals surface area contributed by atoms with Crippen molar-refractivity contribution in [2.45, 2.75) is 51.2 Å². The quantitative estimate of drug-likeness (QED) is 0.708. The first-order valence-electron chi connectivity index (χ1n) is 6.92. The van der Waals surface area contributed by atoms with Gasteiger partial charge >= 0.3 is 5.97 Å². The average molecular weight is 272 g/mol. The number of likely N-dealkylation sites (tertiary alicyclic amines) is 1. The van der Waals surface area contributed by atoms with Crippen LogP contribution in [0.2, 0.25) is 0 Å². The van der Waals surface area contributed by atoms with Crippen LogP contribution in [0.3, 0.4) is 0 Å². The van der Waals surface area contributed by atoms with E-state index >= 15 is 0 Å². The molecule has 0 aromatic carbocycles. The number of hydrogen-bond donors (Lipinski definition) is 2. The van der Waals surface area contributed by atoms with Gasteiger partial charge in [-0.3, -0.25) is 9.59 Å². The van der Waals surface area contributed by atoms with Crippen molar-refractivity contribution < 1.29 is 19.4 Å². The Labute approximate surface area is 113 Å². The van der Waals surface area contributed by atoms with E-state index in [0.29, 0.717) is 19.7 Å². The maximum absolute atomic E-state index is 12.1. The summed E-state index contributed by atoms with van der Waals surface area (Å²) < 4.78 is 5.66. The molecule has 0 spiro atoms. The van der Waals surface area contributed by atoms with Crippen LogP contribution in [0.4, 0.5) is 0 Å². The lowest BCUT2D eigenvalue weighted by atomic mass is 10.1. The Bertz CT molecular complexity index is 309. The second kappa shape index (κ2) is 8.12. The maximum atomic E-state index is 12.1. The fraction of sp³-hybridized carbons (Fsp3) is 0.846. The third-order valence-electron chi connectivity index (χ3n) is 3.23.